The Balaban J connectivity index is 1.63. The molecule has 0 spiro atoms. The number of nitrogens with two attached hydrogens (primary N) is 1. The topological polar surface area (TPSA) is 165 Å². The van der Waals surface area contributed by atoms with Crippen LogP contribution < -0.4 is 5.73 Å². The highest BCUT2D eigenvalue weighted by Gasteiger charge is 2.46. The first-order chi connectivity index (χ1) is 14.3. The number of ether oxygens (including phenoxy) is 1. The third-order valence-electron chi connectivity index (χ3n) is 5.75. The van der Waals surface area contributed by atoms with E-state index in [4.69, 9.17) is 10.5 Å². The minimum atomic E-state index is -1.54. The lowest BCUT2D eigenvalue weighted by Crippen LogP contribution is -2.59. The summed E-state index contributed by atoms with van der Waals surface area (Å²) in [5, 5.41) is 58.1. The van der Waals surface area contributed by atoms with Crippen LogP contribution in [0, 0.1) is 6.92 Å². The number of fused-ring (bicyclic) bond motifs is 1. The van der Waals surface area contributed by atoms with Gasteiger partial charge in [-0.3, -0.25) is 5.10 Å². The van der Waals surface area contributed by atoms with Gasteiger partial charge in [0.15, 0.2) is 5.82 Å². The van der Waals surface area contributed by atoms with E-state index in [1.54, 1.807) is 6.07 Å². The molecule has 3 unspecified atom stereocenters. The number of hydrogen-bond donors (Lipinski definition) is 7. The quantitative estimate of drug-likeness (QED) is 0.313. The number of nitrogen functional groups attached to an aromatic ring is 1. The first kappa shape index (κ1) is 20.7. The Hall–Kier alpha value is -2.53. The van der Waals surface area contributed by atoms with Crippen molar-refractivity contribution < 1.29 is 30.3 Å². The highest BCUT2D eigenvalue weighted by Crippen LogP contribution is 2.34. The maximum absolute atomic E-state index is 10.8. The number of nitrogens with one attached hydrogen (secondary N) is 1. The lowest BCUT2D eigenvalue weighted by Gasteiger charge is -2.42. The minimum Gasteiger partial charge on any atom is -0.394 e. The Morgan fingerprint density at radius 1 is 1.07 bits per heavy atom. The largest absolute Gasteiger partial charge is 0.394 e. The predicted octanol–water partition coefficient (Wildman–Crippen LogP) is -0.00368. The molecule has 0 saturated carbocycles. The molecule has 8 N–H and O–H groups in total. The average molecular weight is 415 g/mol. The summed E-state index contributed by atoms with van der Waals surface area (Å²) in [4.78, 5) is 0. The van der Waals surface area contributed by atoms with Crippen molar-refractivity contribution in [1.82, 2.24) is 10.2 Å². The fraction of sp³-hybridized carbons (Fsp3) is 0.381. The molecule has 1 aliphatic rings. The molecule has 1 fully saturated rings. The molecule has 4 rings (SSSR count). The first-order valence-corrected chi connectivity index (χ1v) is 9.65. The van der Waals surface area contributed by atoms with E-state index >= 15 is 0 Å². The van der Waals surface area contributed by atoms with Crippen LogP contribution in [-0.2, 0) is 4.74 Å². The molecule has 2 aromatic carbocycles. The number of anilines is 1. The fourth-order valence-corrected chi connectivity index (χ4v) is 3.97. The van der Waals surface area contributed by atoms with Crippen molar-refractivity contribution in [3.05, 3.63) is 47.5 Å². The number of aliphatic hydroxyl groups is 5. The number of aliphatic hydroxyl groups excluding tert-OH is 5. The van der Waals surface area contributed by atoms with Gasteiger partial charge in [0.2, 0.25) is 0 Å². The number of nitrogens with zero attached hydrogens (tertiary/aromatic N) is 1. The van der Waals surface area contributed by atoms with Crippen molar-refractivity contribution in [3.8, 4) is 11.1 Å². The minimum absolute atomic E-state index is 0.415. The van der Waals surface area contributed by atoms with Crippen molar-refractivity contribution >= 4 is 16.7 Å². The summed E-state index contributed by atoms with van der Waals surface area (Å²) < 4.78 is 5.48. The monoisotopic (exact) mass is 415 g/mol. The maximum atomic E-state index is 10.8. The second kappa shape index (κ2) is 7.95. The molecule has 1 aromatic heterocycles. The van der Waals surface area contributed by atoms with Crippen LogP contribution in [0.15, 0.2) is 36.4 Å². The molecule has 0 radical (unpaired) electrons. The predicted molar refractivity (Wildman–Crippen MR) is 109 cm³/mol. The fourth-order valence-electron chi connectivity index (χ4n) is 3.97. The molecule has 2 heterocycles. The molecule has 160 valence electrons. The van der Waals surface area contributed by atoms with Gasteiger partial charge in [-0.1, -0.05) is 24.3 Å². The van der Waals surface area contributed by atoms with E-state index in [0.29, 0.717) is 11.4 Å². The zero-order valence-electron chi connectivity index (χ0n) is 16.3. The van der Waals surface area contributed by atoms with Gasteiger partial charge in [-0.05, 0) is 41.3 Å². The summed E-state index contributed by atoms with van der Waals surface area (Å²) >= 11 is 0. The van der Waals surface area contributed by atoms with Crippen LogP contribution in [-0.4, -0.2) is 72.9 Å². The summed E-state index contributed by atoms with van der Waals surface area (Å²) in [5.74, 6) is 0.415. The number of aromatic nitrogens is 2. The Labute approximate surface area is 172 Å². The summed E-state index contributed by atoms with van der Waals surface area (Å²) in [6, 6.07) is 11.2. The summed E-state index contributed by atoms with van der Waals surface area (Å²) in [7, 11) is 0. The van der Waals surface area contributed by atoms with Crippen LogP contribution in [0.2, 0.25) is 0 Å². The molecule has 30 heavy (non-hydrogen) atoms. The lowest BCUT2D eigenvalue weighted by molar-refractivity contribution is -0.250. The third kappa shape index (κ3) is 3.45. The first-order valence-electron chi connectivity index (χ1n) is 9.65. The molecule has 6 atom stereocenters. The summed E-state index contributed by atoms with van der Waals surface area (Å²) in [6.07, 6.45) is -8.06. The highest BCUT2D eigenvalue weighted by molar-refractivity contribution is 5.92. The Morgan fingerprint density at radius 3 is 2.47 bits per heavy atom. The van der Waals surface area contributed by atoms with Crippen LogP contribution in [0.5, 0.6) is 0 Å². The SMILES string of the molecule is Cc1cc(-c2ccc3[nH]nc(N)c3c2)ccc1[C@@H](O)[C@H]1OC(CO)[C@@H](O)C(O)C1O. The van der Waals surface area contributed by atoms with E-state index in [2.05, 4.69) is 10.2 Å². The molecule has 9 heteroatoms. The van der Waals surface area contributed by atoms with E-state index in [1.807, 2.05) is 37.3 Å². The third-order valence-corrected chi connectivity index (χ3v) is 5.75. The van der Waals surface area contributed by atoms with Crippen molar-refractivity contribution in [2.75, 3.05) is 12.3 Å². The zero-order chi connectivity index (χ0) is 21.6. The molecular weight excluding hydrogens is 390 g/mol. The van der Waals surface area contributed by atoms with Crippen molar-refractivity contribution in [2.24, 2.45) is 0 Å². The van der Waals surface area contributed by atoms with Crippen molar-refractivity contribution in [1.29, 1.82) is 0 Å². The lowest BCUT2D eigenvalue weighted by atomic mass is 9.88. The maximum Gasteiger partial charge on any atom is 0.153 e. The average Bonchev–Trinajstić information content (AvgIpc) is 3.12. The Bertz CT molecular complexity index is 1050. The molecular formula is C21H25N3O6. The molecule has 1 aliphatic heterocycles. The van der Waals surface area contributed by atoms with Crippen LogP contribution in [0.4, 0.5) is 5.82 Å². The van der Waals surface area contributed by atoms with E-state index < -0.39 is 43.2 Å². The van der Waals surface area contributed by atoms with Crippen LogP contribution >= 0.6 is 0 Å². The smallest absolute Gasteiger partial charge is 0.153 e. The zero-order valence-corrected chi connectivity index (χ0v) is 16.3. The number of aryl methyl sites for hydroxylation is 1. The van der Waals surface area contributed by atoms with Gasteiger partial charge < -0.3 is 36.0 Å². The number of aromatic amines is 1. The van der Waals surface area contributed by atoms with Gasteiger partial charge in [-0.2, -0.15) is 5.10 Å². The Morgan fingerprint density at radius 2 is 1.77 bits per heavy atom. The molecule has 9 nitrogen and oxygen atoms in total. The van der Waals surface area contributed by atoms with Gasteiger partial charge in [0.05, 0.1) is 12.1 Å². The van der Waals surface area contributed by atoms with Crippen molar-refractivity contribution in [3.63, 3.8) is 0 Å². The molecule has 1 saturated heterocycles. The van der Waals surface area contributed by atoms with E-state index in [1.165, 1.54) is 0 Å². The summed E-state index contributed by atoms with van der Waals surface area (Å²) in [5.41, 5.74) is 9.80. The number of H-pyrrole nitrogens is 1. The molecule has 0 bridgehead atoms. The number of benzene rings is 2. The van der Waals surface area contributed by atoms with Crippen LogP contribution in [0.1, 0.15) is 17.2 Å². The van der Waals surface area contributed by atoms with Gasteiger partial charge in [0, 0.05) is 5.39 Å². The number of rotatable bonds is 4. The second-order valence-electron chi connectivity index (χ2n) is 7.68. The van der Waals surface area contributed by atoms with Crippen LogP contribution in [0.25, 0.3) is 22.0 Å². The van der Waals surface area contributed by atoms with Crippen LogP contribution in [0.3, 0.4) is 0 Å². The summed E-state index contributed by atoms with van der Waals surface area (Å²) in [6.45, 7) is 1.27. The van der Waals surface area contributed by atoms with Gasteiger partial charge in [-0.25, -0.2) is 0 Å². The van der Waals surface area contributed by atoms with E-state index in [-0.39, 0.29) is 0 Å². The molecule has 0 aliphatic carbocycles. The van der Waals surface area contributed by atoms with E-state index in [0.717, 1.165) is 27.6 Å². The van der Waals surface area contributed by atoms with Gasteiger partial charge >= 0.3 is 0 Å². The highest BCUT2D eigenvalue weighted by atomic mass is 16.6. The van der Waals surface area contributed by atoms with Gasteiger partial charge in [0.1, 0.15) is 36.6 Å². The number of hydrogen-bond acceptors (Lipinski definition) is 8. The van der Waals surface area contributed by atoms with Crippen molar-refractivity contribution in [2.45, 2.75) is 43.5 Å². The normalized spacial score (nSPS) is 28.0. The Kier molecular flexibility index (Phi) is 5.49. The van der Waals surface area contributed by atoms with E-state index in [9.17, 15) is 25.5 Å². The van der Waals surface area contributed by atoms with Gasteiger partial charge in [-0.15, -0.1) is 0 Å². The van der Waals surface area contributed by atoms with Gasteiger partial charge in [0.25, 0.3) is 0 Å². The molecule has 0 amide bonds. The second-order valence-corrected chi connectivity index (χ2v) is 7.68. The molecule has 3 aromatic rings. The standard InChI is InChI=1S/C21H25N3O6/c1-9-6-10(11-3-5-14-13(7-11)21(22)24-23-14)2-4-12(9)16(26)20-19(29)18(28)17(27)15(8-25)30-20/h2-7,15-20,25-29H,8H2,1H3,(H3,22,23,24)/t15?,16-,17-,18?,19?,20-/m1/s1.